The van der Waals surface area contributed by atoms with Gasteiger partial charge in [0.05, 0.1) is 16.6 Å². The lowest BCUT2D eigenvalue weighted by Crippen LogP contribution is -2.31. The number of aromatic nitrogens is 2. The number of hydrogen-bond donors (Lipinski definition) is 0. The first-order valence-corrected chi connectivity index (χ1v) is 7.56. The zero-order chi connectivity index (χ0) is 18.6. The number of hydrogen-bond acceptors (Lipinski definition) is 2. The van der Waals surface area contributed by atoms with Crippen LogP contribution in [0, 0.1) is 20.7 Å². The Bertz CT molecular complexity index is 1160. The van der Waals surface area contributed by atoms with Crippen LogP contribution < -0.4 is 4.57 Å². The average Bonchev–Trinajstić information content (AvgIpc) is 2.93. The van der Waals surface area contributed by atoms with Gasteiger partial charge >= 0.3 is 0 Å². The molecule has 23 heavy (non-hydrogen) atoms. The summed E-state index contributed by atoms with van der Waals surface area (Å²) in [5.74, 6) is 0. The molecule has 114 valence electrons. The summed E-state index contributed by atoms with van der Waals surface area (Å²) in [6.07, 6.45) is 1.67. The van der Waals surface area contributed by atoms with Gasteiger partial charge < -0.3 is 4.42 Å². The SMILES string of the molecule is [2H]C([2H])([2H])c1ccc(-c2c(C)nc3oc4ccccc4c3c2C)[n+](C)c1. The fraction of sp³-hybridized carbons (Fsp3) is 0.200. The van der Waals surface area contributed by atoms with Crippen LogP contribution in [0.15, 0.2) is 47.0 Å². The summed E-state index contributed by atoms with van der Waals surface area (Å²) in [6, 6.07) is 11.4. The summed E-state index contributed by atoms with van der Waals surface area (Å²) in [4.78, 5) is 4.67. The number of benzene rings is 1. The van der Waals surface area contributed by atoms with E-state index in [1.807, 2.05) is 48.9 Å². The Morgan fingerprint density at radius 3 is 2.74 bits per heavy atom. The predicted octanol–water partition coefficient (Wildman–Crippen LogP) is 4.40. The maximum absolute atomic E-state index is 7.60. The van der Waals surface area contributed by atoms with Crippen LogP contribution in [0.4, 0.5) is 0 Å². The number of aryl methyl sites for hydroxylation is 4. The first-order chi connectivity index (χ1) is 12.3. The van der Waals surface area contributed by atoms with Gasteiger partial charge in [0.25, 0.3) is 0 Å². The molecule has 0 aliphatic heterocycles. The zero-order valence-corrected chi connectivity index (χ0v) is 13.3. The van der Waals surface area contributed by atoms with E-state index in [0.717, 1.165) is 38.9 Å². The van der Waals surface area contributed by atoms with Crippen LogP contribution in [0.2, 0.25) is 0 Å². The largest absolute Gasteiger partial charge is 0.438 e. The van der Waals surface area contributed by atoms with Crippen molar-refractivity contribution in [2.24, 2.45) is 7.05 Å². The summed E-state index contributed by atoms with van der Waals surface area (Å²) < 4.78 is 30.6. The molecule has 0 fully saturated rings. The molecule has 4 aromatic rings. The van der Waals surface area contributed by atoms with Crippen LogP contribution in [-0.2, 0) is 7.05 Å². The van der Waals surface area contributed by atoms with Gasteiger partial charge in [-0.2, -0.15) is 0 Å². The molecule has 0 bridgehead atoms. The topological polar surface area (TPSA) is 29.9 Å². The van der Waals surface area contributed by atoms with Crippen LogP contribution in [0.5, 0.6) is 0 Å². The van der Waals surface area contributed by atoms with Crippen molar-refractivity contribution in [1.29, 1.82) is 0 Å². The van der Waals surface area contributed by atoms with Gasteiger partial charge in [-0.1, -0.05) is 18.2 Å². The van der Waals surface area contributed by atoms with Crippen LogP contribution in [0.1, 0.15) is 20.9 Å². The molecule has 1 aromatic carbocycles. The average molecular weight is 306 g/mol. The van der Waals surface area contributed by atoms with E-state index in [1.54, 1.807) is 12.3 Å². The zero-order valence-electron chi connectivity index (χ0n) is 16.3. The van der Waals surface area contributed by atoms with Crippen LogP contribution in [0.25, 0.3) is 33.3 Å². The van der Waals surface area contributed by atoms with Gasteiger partial charge in [0, 0.05) is 21.1 Å². The molecule has 0 saturated heterocycles. The molecular weight excluding hydrogens is 284 g/mol. The van der Waals surface area contributed by atoms with Crippen molar-refractivity contribution < 1.29 is 13.1 Å². The quantitative estimate of drug-likeness (QED) is 0.488. The summed E-state index contributed by atoms with van der Waals surface area (Å²) in [5, 5.41) is 2.04. The van der Waals surface area contributed by atoms with Crippen molar-refractivity contribution in [3.05, 3.63) is 59.4 Å². The third-order valence-electron chi connectivity index (χ3n) is 4.35. The van der Waals surface area contributed by atoms with Crippen molar-refractivity contribution in [1.82, 2.24) is 4.98 Å². The maximum atomic E-state index is 7.60. The third kappa shape index (κ3) is 2.04. The molecule has 0 aliphatic rings. The highest BCUT2D eigenvalue weighted by Crippen LogP contribution is 2.35. The van der Waals surface area contributed by atoms with Crippen molar-refractivity contribution in [3.63, 3.8) is 0 Å². The van der Waals surface area contributed by atoms with Gasteiger partial charge in [-0.15, -0.1) is 0 Å². The Labute approximate surface area is 139 Å². The van der Waals surface area contributed by atoms with E-state index in [9.17, 15) is 0 Å². The number of fused-ring (bicyclic) bond motifs is 3. The monoisotopic (exact) mass is 306 g/mol. The summed E-state index contributed by atoms with van der Waals surface area (Å²) in [5.41, 5.74) is 5.63. The van der Waals surface area contributed by atoms with Gasteiger partial charge in [0.2, 0.25) is 11.4 Å². The van der Waals surface area contributed by atoms with Gasteiger partial charge in [-0.05, 0) is 38.4 Å². The first-order valence-electron chi connectivity index (χ1n) is 9.06. The van der Waals surface area contributed by atoms with E-state index in [-0.39, 0.29) is 0 Å². The lowest BCUT2D eigenvalue weighted by molar-refractivity contribution is -0.660. The molecule has 0 spiro atoms. The predicted molar refractivity (Wildman–Crippen MR) is 92.3 cm³/mol. The second kappa shape index (κ2) is 4.92. The minimum atomic E-state index is -2.12. The van der Waals surface area contributed by atoms with Crippen LogP contribution in [0.3, 0.4) is 0 Å². The van der Waals surface area contributed by atoms with E-state index in [2.05, 4.69) is 11.9 Å². The number of para-hydroxylation sites is 1. The van der Waals surface area contributed by atoms with Crippen LogP contribution in [-0.4, -0.2) is 4.98 Å². The standard InChI is InChI=1S/C20H19N2O/c1-12-9-10-16(22(4)11-12)18-13(2)19-15-7-5-6-8-17(15)23-20(19)21-14(18)3/h5-11H,1-4H3/q+1/i1D3. The molecule has 3 heterocycles. The number of furan rings is 1. The summed E-state index contributed by atoms with van der Waals surface area (Å²) >= 11 is 0. The molecule has 0 unspecified atom stereocenters. The van der Waals surface area contributed by atoms with Gasteiger partial charge in [0.1, 0.15) is 12.6 Å². The van der Waals surface area contributed by atoms with E-state index in [1.165, 1.54) is 0 Å². The number of nitrogens with zero attached hydrogens (tertiary/aromatic N) is 2. The minimum absolute atomic E-state index is 0.321. The highest BCUT2D eigenvalue weighted by atomic mass is 16.3. The van der Waals surface area contributed by atoms with Crippen LogP contribution >= 0.6 is 0 Å². The van der Waals surface area contributed by atoms with E-state index in [0.29, 0.717) is 11.3 Å². The summed E-state index contributed by atoms with van der Waals surface area (Å²) in [6.45, 7) is 1.89. The molecule has 3 heteroatoms. The Morgan fingerprint density at radius 2 is 1.96 bits per heavy atom. The Hall–Kier alpha value is -2.68. The smallest absolute Gasteiger partial charge is 0.227 e. The van der Waals surface area contributed by atoms with E-state index < -0.39 is 6.85 Å². The molecule has 3 nitrogen and oxygen atoms in total. The maximum Gasteiger partial charge on any atom is 0.227 e. The van der Waals surface area contributed by atoms with Gasteiger partial charge in [-0.3, -0.25) is 0 Å². The number of pyridine rings is 2. The fourth-order valence-electron chi connectivity index (χ4n) is 3.32. The molecular formula is C20H19N2O+. The van der Waals surface area contributed by atoms with Crippen molar-refractivity contribution in [2.75, 3.05) is 0 Å². The van der Waals surface area contributed by atoms with E-state index in [4.69, 9.17) is 8.53 Å². The highest BCUT2D eigenvalue weighted by Gasteiger charge is 2.21. The van der Waals surface area contributed by atoms with Gasteiger partial charge in [0.15, 0.2) is 6.20 Å². The first kappa shape index (κ1) is 10.9. The van der Waals surface area contributed by atoms with Crippen molar-refractivity contribution in [2.45, 2.75) is 20.7 Å². The highest BCUT2D eigenvalue weighted by molar-refractivity contribution is 6.07. The normalized spacial score (nSPS) is 14.0. The molecule has 0 radical (unpaired) electrons. The second-order valence-electron chi connectivity index (χ2n) is 5.89. The molecule has 3 aromatic heterocycles. The lowest BCUT2D eigenvalue weighted by atomic mass is 9.99. The molecule has 0 aliphatic carbocycles. The summed E-state index contributed by atoms with van der Waals surface area (Å²) in [7, 11) is 1.86. The van der Waals surface area contributed by atoms with Crippen molar-refractivity contribution in [3.8, 4) is 11.3 Å². The third-order valence-corrected chi connectivity index (χ3v) is 4.35. The van der Waals surface area contributed by atoms with Gasteiger partial charge in [-0.25, -0.2) is 9.55 Å². The fourth-order valence-corrected chi connectivity index (χ4v) is 3.32. The minimum Gasteiger partial charge on any atom is -0.438 e. The molecule has 0 atom stereocenters. The Balaban J connectivity index is 2.01. The molecule has 4 rings (SSSR count). The van der Waals surface area contributed by atoms with E-state index >= 15 is 0 Å². The molecule has 0 N–H and O–H groups in total. The molecule has 0 amide bonds. The Morgan fingerprint density at radius 1 is 1.13 bits per heavy atom. The number of rotatable bonds is 1. The molecule has 0 saturated carbocycles. The lowest BCUT2D eigenvalue weighted by Gasteiger charge is -2.09. The Kier molecular flexibility index (Phi) is 2.34. The van der Waals surface area contributed by atoms with Crippen molar-refractivity contribution >= 4 is 22.1 Å². The second-order valence-corrected chi connectivity index (χ2v) is 5.89.